The van der Waals surface area contributed by atoms with Crippen molar-refractivity contribution in [3.8, 4) is 0 Å². The quantitative estimate of drug-likeness (QED) is 0.324. The Hall–Kier alpha value is -3.36. The van der Waals surface area contributed by atoms with Gasteiger partial charge in [-0.05, 0) is 31.9 Å². The van der Waals surface area contributed by atoms with Crippen LogP contribution in [0.4, 0.5) is 13.2 Å². The summed E-state index contributed by atoms with van der Waals surface area (Å²) in [5.74, 6) is -0.599. The molecule has 0 unspecified atom stereocenters. The fraction of sp³-hybridized carbons (Fsp3) is 0.464. The third-order valence-electron chi connectivity index (χ3n) is 6.10. The maximum Gasteiger partial charge on any atom is 0.415 e. The van der Waals surface area contributed by atoms with E-state index in [0.717, 1.165) is 18.1 Å². The van der Waals surface area contributed by atoms with E-state index in [1.807, 2.05) is 33.8 Å². The van der Waals surface area contributed by atoms with E-state index in [2.05, 4.69) is 16.9 Å². The van der Waals surface area contributed by atoms with Crippen molar-refractivity contribution in [1.82, 2.24) is 10.2 Å². The summed E-state index contributed by atoms with van der Waals surface area (Å²) in [4.78, 5) is 31.9. The van der Waals surface area contributed by atoms with Crippen molar-refractivity contribution in [3.63, 3.8) is 0 Å². The van der Waals surface area contributed by atoms with Crippen LogP contribution in [-0.4, -0.2) is 55.2 Å². The van der Waals surface area contributed by atoms with E-state index in [9.17, 15) is 22.8 Å². The lowest BCUT2D eigenvalue weighted by molar-refractivity contribution is -0.128. The van der Waals surface area contributed by atoms with Gasteiger partial charge in [-0.2, -0.15) is 13.2 Å². The van der Waals surface area contributed by atoms with E-state index < -0.39 is 17.2 Å². The predicted molar refractivity (Wildman–Crippen MR) is 144 cm³/mol. The van der Waals surface area contributed by atoms with Gasteiger partial charge in [0, 0.05) is 42.8 Å². The molecule has 0 atom stereocenters. The fourth-order valence-electron chi connectivity index (χ4n) is 3.65. The smallest absolute Gasteiger partial charge is 0.396 e. The molecule has 1 heterocycles. The van der Waals surface area contributed by atoms with Crippen LogP contribution >= 0.6 is 0 Å². The standard InChI is InChI=1S/C28H39F3N4O2/c1-9-18(3)11-14-23(33-8)26(37)35-16-22(24(32)20(5)36)25(27(6,7)17-35)34-15-21(10-2)13-12-19(4)28(29,30)31/h10-14,33H,4,9,15-17,32H2,1-3,5-8H3/b13-12-,18-11-,21-10+,23-14-,24-22-,34-25?. The zero-order valence-corrected chi connectivity index (χ0v) is 22.8. The molecular formula is C28H39F3N4O2. The van der Waals surface area contributed by atoms with Gasteiger partial charge in [-0.3, -0.25) is 14.6 Å². The monoisotopic (exact) mass is 520 g/mol. The number of nitrogens with zero attached hydrogens (tertiary/aromatic N) is 2. The van der Waals surface area contributed by atoms with Crippen LogP contribution in [0, 0.1) is 5.41 Å². The number of likely N-dealkylation sites (N-methyl/N-ethyl adjacent to an activating group) is 1. The van der Waals surface area contributed by atoms with Gasteiger partial charge >= 0.3 is 6.18 Å². The number of ketones is 1. The Morgan fingerprint density at radius 1 is 1.22 bits per heavy atom. The molecule has 9 heteroatoms. The van der Waals surface area contributed by atoms with Crippen LogP contribution in [0.2, 0.25) is 0 Å². The molecule has 0 aromatic carbocycles. The Balaban J connectivity index is 3.42. The number of nitrogens with one attached hydrogen (secondary N) is 1. The number of rotatable bonds is 9. The number of halogens is 3. The molecule has 1 amide bonds. The van der Waals surface area contributed by atoms with Gasteiger partial charge in [0.05, 0.1) is 24.5 Å². The van der Waals surface area contributed by atoms with Crippen LogP contribution in [0.3, 0.4) is 0 Å². The summed E-state index contributed by atoms with van der Waals surface area (Å²) in [6.45, 7) is 14.3. The van der Waals surface area contributed by atoms with Gasteiger partial charge in [-0.1, -0.05) is 57.2 Å². The topological polar surface area (TPSA) is 87.8 Å². The van der Waals surface area contributed by atoms with Gasteiger partial charge in [0.2, 0.25) is 0 Å². The first-order chi connectivity index (χ1) is 17.1. The highest BCUT2D eigenvalue weighted by Crippen LogP contribution is 2.32. The molecule has 1 fully saturated rings. The van der Waals surface area contributed by atoms with Crippen molar-refractivity contribution in [1.29, 1.82) is 0 Å². The van der Waals surface area contributed by atoms with E-state index in [-0.39, 0.29) is 30.5 Å². The van der Waals surface area contributed by atoms with Crippen molar-refractivity contribution < 1.29 is 22.8 Å². The highest BCUT2D eigenvalue weighted by atomic mass is 19.4. The summed E-state index contributed by atoms with van der Waals surface area (Å²) in [6.07, 6.45) is 3.83. The Morgan fingerprint density at radius 3 is 2.32 bits per heavy atom. The normalized spacial score (nSPS) is 19.9. The molecule has 204 valence electrons. The highest BCUT2D eigenvalue weighted by molar-refractivity contribution is 6.12. The summed E-state index contributed by atoms with van der Waals surface area (Å²) >= 11 is 0. The van der Waals surface area contributed by atoms with Gasteiger partial charge in [0.1, 0.15) is 0 Å². The second-order valence-electron chi connectivity index (χ2n) is 9.58. The minimum atomic E-state index is -4.51. The second-order valence-corrected chi connectivity index (χ2v) is 9.58. The van der Waals surface area contributed by atoms with Crippen LogP contribution in [-0.2, 0) is 9.59 Å². The van der Waals surface area contributed by atoms with Crippen LogP contribution < -0.4 is 11.1 Å². The number of carbonyl (C=O) groups is 2. The molecule has 1 saturated heterocycles. The van der Waals surface area contributed by atoms with Crippen LogP contribution in [0.15, 0.2) is 75.6 Å². The number of carbonyl (C=O) groups excluding carboxylic acids is 2. The first kappa shape index (κ1) is 31.7. The van der Waals surface area contributed by atoms with E-state index in [0.29, 0.717) is 29.1 Å². The molecule has 0 radical (unpaired) electrons. The largest absolute Gasteiger partial charge is 0.415 e. The summed E-state index contributed by atoms with van der Waals surface area (Å²) in [5.41, 5.74) is 7.56. The summed E-state index contributed by atoms with van der Waals surface area (Å²) in [5, 5.41) is 2.94. The summed E-state index contributed by atoms with van der Waals surface area (Å²) in [7, 11) is 1.67. The predicted octanol–water partition coefficient (Wildman–Crippen LogP) is 5.18. The van der Waals surface area contributed by atoms with Crippen molar-refractivity contribution in [2.75, 3.05) is 26.7 Å². The van der Waals surface area contributed by atoms with E-state index in [1.165, 1.54) is 13.0 Å². The van der Waals surface area contributed by atoms with E-state index >= 15 is 0 Å². The molecule has 0 spiro atoms. The second kappa shape index (κ2) is 13.3. The Kier molecular flexibility index (Phi) is 11.4. The minimum absolute atomic E-state index is 0.00375. The minimum Gasteiger partial charge on any atom is -0.396 e. The number of nitrogens with two attached hydrogens (primary N) is 1. The maximum atomic E-state index is 13.4. The first-order valence-corrected chi connectivity index (χ1v) is 12.1. The lowest BCUT2D eigenvalue weighted by Gasteiger charge is -2.41. The number of likely N-dealkylation sites (tertiary alicyclic amines) is 1. The van der Waals surface area contributed by atoms with Crippen LogP contribution in [0.5, 0.6) is 0 Å². The summed E-state index contributed by atoms with van der Waals surface area (Å²) in [6, 6.07) is 0. The lowest BCUT2D eigenvalue weighted by Crippen LogP contribution is -2.52. The van der Waals surface area contributed by atoms with E-state index in [4.69, 9.17) is 5.73 Å². The fourth-order valence-corrected chi connectivity index (χ4v) is 3.65. The van der Waals surface area contributed by atoms with Gasteiger partial charge in [0.15, 0.2) is 5.78 Å². The number of aliphatic imine (C=N–C) groups is 1. The van der Waals surface area contributed by atoms with Gasteiger partial charge < -0.3 is 16.0 Å². The van der Waals surface area contributed by atoms with Gasteiger partial charge in [-0.25, -0.2) is 0 Å². The van der Waals surface area contributed by atoms with Crippen molar-refractivity contribution in [2.24, 2.45) is 16.1 Å². The number of alkyl halides is 3. The average Bonchev–Trinajstić information content (AvgIpc) is 2.82. The van der Waals surface area contributed by atoms with Crippen molar-refractivity contribution in [3.05, 3.63) is 70.6 Å². The molecular weight excluding hydrogens is 481 g/mol. The van der Waals surface area contributed by atoms with Crippen LogP contribution in [0.25, 0.3) is 0 Å². The number of hydrogen-bond donors (Lipinski definition) is 2. The molecule has 0 saturated carbocycles. The van der Waals surface area contributed by atoms with E-state index in [1.54, 1.807) is 31.0 Å². The number of allylic oxidation sites excluding steroid dienone is 7. The van der Waals surface area contributed by atoms with Crippen molar-refractivity contribution >= 4 is 17.4 Å². The molecule has 1 aliphatic heterocycles. The number of Topliss-reactive ketones (excluding diaryl/α,β-unsaturated/α-hetero) is 1. The molecule has 0 aliphatic carbocycles. The maximum absolute atomic E-state index is 13.4. The number of hydrogen-bond acceptors (Lipinski definition) is 5. The summed E-state index contributed by atoms with van der Waals surface area (Å²) < 4.78 is 38.4. The average molecular weight is 521 g/mol. The zero-order chi connectivity index (χ0) is 28.6. The Morgan fingerprint density at radius 2 is 1.84 bits per heavy atom. The molecule has 0 bridgehead atoms. The van der Waals surface area contributed by atoms with Gasteiger partial charge in [0.25, 0.3) is 5.91 Å². The van der Waals surface area contributed by atoms with Crippen LogP contribution in [0.1, 0.15) is 48.0 Å². The SMILES string of the molecule is C=C(/C=C\C(=C/C)CN=C1/C(=C(\N)C(C)=O)CN(C(=O)/C(=C/C=C(/C)CC)NC)CC1(C)C)C(F)(F)F. The number of amides is 1. The molecule has 0 aromatic rings. The molecule has 0 aromatic heterocycles. The third-order valence-corrected chi connectivity index (χ3v) is 6.10. The highest BCUT2D eigenvalue weighted by Gasteiger charge is 2.39. The van der Waals surface area contributed by atoms with Gasteiger partial charge in [-0.15, -0.1) is 0 Å². The molecule has 3 N–H and O–H groups in total. The van der Waals surface area contributed by atoms with Crippen molar-refractivity contribution in [2.45, 2.75) is 54.1 Å². The molecule has 1 rings (SSSR count). The third kappa shape index (κ3) is 8.91. The molecule has 6 nitrogen and oxygen atoms in total. The Labute approximate surface area is 218 Å². The number of piperidine rings is 1. The molecule has 1 aliphatic rings. The Bertz CT molecular complexity index is 1090. The first-order valence-electron chi connectivity index (χ1n) is 12.1. The zero-order valence-electron chi connectivity index (χ0n) is 22.8. The lowest BCUT2D eigenvalue weighted by atomic mass is 9.78. The molecule has 37 heavy (non-hydrogen) atoms.